The molecule has 29 heavy (non-hydrogen) atoms. The van der Waals surface area contributed by atoms with Crippen LogP contribution in [0.2, 0.25) is 0 Å². The molecular weight excluding hydrogens is 392 g/mol. The molecule has 0 aliphatic heterocycles. The first-order valence-corrected chi connectivity index (χ1v) is 10.5. The van der Waals surface area contributed by atoms with Crippen LogP contribution in [0, 0.1) is 6.92 Å². The number of carbonyl (C=O) groups excluding carboxylic acids is 2. The second-order valence-electron chi connectivity index (χ2n) is 6.08. The molecule has 0 atom stereocenters. The summed E-state index contributed by atoms with van der Waals surface area (Å²) in [6, 6.07) is 4.97. The molecule has 0 unspecified atom stereocenters. The summed E-state index contributed by atoms with van der Waals surface area (Å²) in [5, 5.41) is 0. The van der Waals surface area contributed by atoms with E-state index in [1.807, 2.05) is 40.7 Å². The van der Waals surface area contributed by atoms with Gasteiger partial charge >= 0.3 is 0 Å². The van der Waals surface area contributed by atoms with Crippen molar-refractivity contribution >= 4 is 23.2 Å². The average molecular weight is 421 g/mol. The van der Waals surface area contributed by atoms with E-state index >= 15 is 0 Å². The van der Waals surface area contributed by atoms with E-state index in [0.717, 1.165) is 16.9 Å². The highest BCUT2D eigenvalue weighted by Gasteiger charge is 2.19. The van der Waals surface area contributed by atoms with Gasteiger partial charge in [-0.1, -0.05) is 6.92 Å². The van der Waals surface area contributed by atoms with Crippen LogP contribution in [-0.4, -0.2) is 31.6 Å². The van der Waals surface area contributed by atoms with Crippen LogP contribution in [-0.2, 0) is 6.42 Å². The number of hydrogen-bond donors (Lipinski definition) is 2. The molecular formula is C21H28N2O5S. The topological polar surface area (TPSA) is 85.9 Å². The van der Waals surface area contributed by atoms with Crippen LogP contribution < -0.4 is 25.1 Å². The molecule has 158 valence electrons. The molecule has 2 aromatic rings. The van der Waals surface area contributed by atoms with Crippen molar-refractivity contribution in [1.29, 1.82) is 0 Å². The predicted molar refractivity (Wildman–Crippen MR) is 113 cm³/mol. The van der Waals surface area contributed by atoms with Crippen molar-refractivity contribution in [2.45, 2.75) is 41.0 Å². The maximum atomic E-state index is 12.6. The summed E-state index contributed by atoms with van der Waals surface area (Å²) < 4.78 is 16.9. The Bertz CT molecular complexity index is 836. The van der Waals surface area contributed by atoms with Gasteiger partial charge in [-0.2, -0.15) is 0 Å². The third kappa shape index (κ3) is 5.63. The molecule has 1 aromatic carbocycles. The Morgan fingerprint density at radius 3 is 1.90 bits per heavy atom. The molecule has 1 heterocycles. The third-order valence-corrected chi connectivity index (χ3v) is 5.41. The normalized spacial score (nSPS) is 10.4. The van der Waals surface area contributed by atoms with Crippen molar-refractivity contribution in [3.8, 4) is 17.2 Å². The third-order valence-electron chi connectivity index (χ3n) is 4.03. The largest absolute Gasteiger partial charge is 0.490 e. The maximum Gasteiger partial charge on any atom is 0.279 e. The molecule has 0 aliphatic carbocycles. The maximum absolute atomic E-state index is 12.6. The van der Waals surface area contributed by atoms with E-state index in [0.29, 0.717) is 41.9 Å². The van der Waals surface area contributed by atoms with E-state index < -0.39 is 5.91 Å². The van der Waals surface area contributed by atoms with Gasteiger partial charge in [0.05, 0.1) is 24.7 Å². The van der Waals surface area contributed by atoms with Gasteiger partial charge in [-0.3, -0.25) is 20.4 Å². The highest BCUT2D eigenvalue weighted by molar-refractivity contribution is 7.14. The molecule has 2 N–H and O–H groups in total. The fourth-order valence-corrected chi connectivity index (χ4v) is 3.76. The second-order valence-corrected chi connectivity index (χ2v) is 7.22. The van der Waals surface area contributed by atoms with Crippen LogP contribution in [0.1, 0.15) is 58.2 Å². The summed E-state index contributed by atoms with van der Waals surface area (Å²) in [5.41, 5.74) is 6.28. The summed E-state index contributed by atoms with van der Waals surface area (Å²) in [6.07, 6.45) is 0.864. The lowest BCUT2D eigenvalue weighted by Gasteiger charge is -2.17. The van der Waals surface area contributed by atoms with Gasteiger partial charge in [-0.05, 0) is 57.9 Å². The van der Waals surface area contributed by atoms with Crippen molar-refractivity contribution in [3.05, 3.63) is 39.1 Å². The summed E-state index contributed by atoms with van der Waals surface area (Å²) in [7, 11) is 0. The smallest absolute Gasteiger partial charge is 0.279 e. The van der Waals surface area contributed by atoms with Crippen LogP contribution in [0.5, 0.6) is 17.2 Å². The number of thiophene rings is 1. The Morgan fingerprint density at radius 2 is 1.41 bits per heavy atom. The first-order chi connectivity index (χ1) is 13.9. The predicted octanol–water partition coefficient (Wildman–Crippen LogP) is 3.89. The first kappa shape index (κ1) is 22.5. The Labute approximate surface area is 175 Å². The van der Waals surface area contributed by atoms with Crippen molar-refractivity contribution < 1.29 is 23.8 Å². The lowest BCUT2D eigenvalue weighted by Crippen LogP contribution is -2.41. The van der Waals surface area contributed by atoms with Gasteiger partial charge in [-0.15, -0.1) is 11.3 Å². The fraction of sp³-hybridized carbons (Fsp3) is 0.429. The quantitative estimate of drug-likeness (QED) is 0.601. The standard InChI is InChI=1S/C21H28N2O5S/c1-6-17-13(5)10-18(29-17)21(25)23-22-20(24)14-11-15(26-7-2)19(28-9-4)16(12-14)27-8-3/h10-12H,6-9H2,1-5H3,(H,22,24)(H,23,25). The number of aryl methyl sites for hydroxylation is 2. The van der Waals surface area contributed by atoms with Crippen molar-refractivity contribution in [2.24, 2.45) is 0 Å². The summed E-state index contributed by atoms with van der Waals surface area (Å²) in [6.45, 7) is 10.8. The number of amides is 2. The Hall–Kier alpha value is -2.74. The molecule has 0 fully saturated rings. The zero-order chi connectivity index (χ0) is 21.4. The molecule has 0 radical (unpaired) electrons. The Balaban J connectivity index is 2.19. The number of nitrogens with one attached hydrogen (secondary N) is 2. The van der Waals surface area contributed by atoms with Gasteiger partial charge in [0.15, 0.2) is 11.5 Å². The molecule has 2 amide bonds. The van der Waals surface area contributed by atoms with E-state index in [2.05, 4.69) is 10.9 Å². The minimum atomic E-state index is -0.479. The second kappa shape index (κ2) is 10.7. The van der Waals surface area contributed by atoms with Crippen LogP contribution in [0.3, 0.4) is 0 Å². The number of ether oxygens (including phenoxy) is 3. The fourth-order valence-electron chi connectivity index (χ4n) is 2.75. The van der Waals surface area contributed by atoms with Crippen LogP contribution in [0.4, 0.5) is 0 Å². The number of carbonyl (C=O) groups is 2. The summed E-state index contributed by atoms with van der Waals surface area (Å²) in [5.74, 6) is 0.453. The highest BCUT2D eigenvalue weighted by atomic mass is 32.1. The number of hydrogen-bond acceptors (Lipinski definition) is 6. The lowest BCUT2D eigenvalue weighted by molar-refractivity contribution is 0.0848. The van der Waals surface area contributed by atoms with Crippen LogP contribution in [0.15, 0.2) is 18.2 Å². The van der Waals surface area contributed by atoms with Gasteiger partial charge in [-0.25, -0.2) is 0 Å². The van der Waals surface area contributed by atoms with Crippen molar-refractivity contribution in [2.75, 3.05) is 19.8 Å². The first-order valence-electron chi connectivity index (χ1n) is 9.71. The number of rotatable bonds is 9. The van der Waals surface area contributed by atoms with Gasteiger partial charge < -0.3 is 14.2 Å². The lowest BCUT2D eigenvalue weighted by atomic mass is 10.1. The van der Waals surface area contributed by atoms with Crippen LogP contribution >= 0.6 is 11.3 Å². The molecule has 0 aliphatic rings. The molecule has 0 bridgehead atoms. The zero-order valence-electron chi connectivity index (χ0n) is 17.5. The van der Waals surface area contributed by atoms with E-state index in [1.165, 1.54) is 11.3 Å². The van der Waals surface area contributed by atoms with Gasteiger partial charge in [0.1, 0.15) is 0 Å². The molecule has 7 nitrogen and oxygen atoms in total. The molecule has 0 spiro atoms. The van der Waals surface area contributed by atoms with Gasteiger partial charge in [0, 0.05) is 10.4 Å². The van der Waals surface area contributed by atoms with Crippen molar-refractivity contribution in [3.63, 3.8) is 0 Å². The number of benzene rings is 1. The monoisotopic (exact) mass is 420 g/mol. The molecule has 8 heteroatoms. The Morgan fingerprint density at radius 1 is 0.862 bits per heavy atom. The van der Waals surface area contributed by atoms with E-state index in [-0.39, 0.29) is 11.5 Å². The molecule has 2 rings (SSSR count). The zero-order valence-corrected chi connectivity index (χ0v) is 18.3. The van der Waals surface area contributed by atoms with Gasteiger partial charge in [0.2, 0.25) is 5.75 Å². The summed E-state index contributed by atoms with van der Waals surface area (Å²) in [4.78, 5) is 26.7. The van der Waals surface area contributed by atoms with Crippen LogP contribution in [0.25, 0.3) is 0 Å². The number of hydrazine groups is 1. The van der Waals surface area contributed by atoms with E-state index in [1.54, 1.807) is 12.1 Å². The van der Waals surface area contributed by atoms with E-state index in [4.69, 9.17) is 14.2 Å². The average Bonchev–Trinajstić information content (AvgIpc) is 3.09. The summed E-state index contributed by atoms with van der Waals surface area (Å²) >= 11 is 1.42. The van der Waals surface area contributed by atoms with Gasteiger partial charge in [0.25, 0.3) is 11.8 Å². The van der Waals surface area contributed by atoms with E-state index in [9.17, 15) is 9.59 Å². The molecule has 0 saturated heterocycles. The minimum Gasteiger partial charge on any atom is -0.490 e. The highest BCUT2D eigenvalue weighted by Crippen LogP contribution is 2.39. The van der Waals surface area contributed by atoms with Crippen molar-refractivity contribution in [1.82, 2.24) is 10.9 Å². The molecule has 1 aromatic heterocycles. The minimum absolute atomic E-state index is 0.289. The SMILES string of the molecule is CCOc1cc(C(=O)NNC(=O)c2cc(C)c(CC)s2)cc(OCC)c1OCC. The Kier molecular flexibility index (Phi) is 8.33. The molecule has 0 saturated carbocycles.